The molecule has 1 fully saturated rings. The summed E-state index contributed by atoms with van der Waals surface area (Å²) >= 11 is 7.33. The smallest absolute Gasteiger partial charge is 0.307 e. The molecule has 7 heteroatoms. The Kier molecular flexibility index (Phi) is 4.23. The maximum atomic E-state index is 11.0. The number of H-pyrrole nitrogens is 1. The average Bonchev–Trinajstić information content (AvgIpc) is 3.30. The van der Waals surface area contributed by atoms with Crippen molar-refractivity contribution in [3.8, 4) is 11.3 Å². The van der Waals surface area contributed by atoms with Crippen molar-refractivity contribution in [2.75, 3.05) is 0 Å². The highest BCUT2D eigenvalue weighted by molar-refractivity contribution is 7.99. The van der Waals surface area contributed by atoms with Gasteiger partial charge in [-0.25, -0.2) is 9.97 Å². The highest BCUT2D eigenvalue weighted by atomic mass is 35.5. The average molecular weight is 372 g/mol. The zero-order chi connectivity index (χ0) is 17.4. The zero-order valence-corrected chi connectivity index (χ0v) is 14.6. The third kappa shape index (κ3) is 3.41. The molecule has 2 aromatic heterocycles. The number of carboxylic acids is 1. The van der Waals surface area contributed by atoms with E-state index in [1.54, 1.807) is 18.6 Å². The van der Waals surface area contributed by atoms with Gasteiger partial charge in [-0.05, 0) is 41.8 Å². The second-order valence-corrected chi connectivity index (χ2v) is 7.35. The summed E-state index contributed by atoms with van der Waals surface area (Å²) in [5, 5.41) is 11.3. The van der Waals surface area contributed by atoms with E-state index in [-0.39, 0.29) is 11.8 Å². The van der Waals surface area contributed by atoms with Gasteiger partial charge in [-0.15, -0.1) is 0 Å². The monoisotopic (exact) mass is 371 g/mol. The van der Waals surface area contributed by atoms with E-state index in [0.29, 0.717) is 5.02 Å². The highest BCUT2D eigenvalue weighted by Crippen LogP contribution is 2.47. The molecule has 5 nitrogen and oxygen atoms in total. The van der Waals surface area contributed by atoms with Gasteiger partial charge in [-0.3, -0.25) is 4.79 Å². The number of halogens is 1. The third-order valence-corrected chi connectivity index (χ3v) is 5.42. The lowest BCUT2D eigenvalue weighted by molar-refractivity contribution is -0.138. The van der Waals surface area contributed by atoms with Crippen molar-refractivity contribution in [1.29, 1.82) is 0 Å². The Morgan fingerprint density at radius 3 is 2.64 bits per heavy atom. The molecule has 0 amide bonds. The molecule has 0 spiro atoms. The van der Waals surface area contributed by atoms with Gasteiger partial charge in [0.25, 0.3) is 0 Å². The Labute approximate surface area is 153 Å². The van der Waals surface area contributed by atoms with Gasteiger partial charge in [0.2, 0.25) is 0 Å². The largest absolute Gasteiger partial charge is 0.481 e. The van der Waals surface area contributed by atoms with Crippen LogP contribution in [0.1, 0.15) is 17.9 Å². The number of hydrogen-bond donors (Lipinski definition) is 2. The van der Waals surface area contributed by atoms with Crippen LogP contribution in [0.3, 0.4) is 0 Å². The predicted molar refractivity (Wildman–Crippen MR) is 95.9 cm³/mol. The molecule has 25 heavy (non-hydrogen) atoms. The van der Waals surface area contributed by atoms with Gasteiger partial charge >= 0.3 is 5.97 Å². The van der Waals surface area contributed by atoms with Gasteiger partial charge in [0.1, 0.15) is 10.1 Å². The van der Waals surface area contributed by atoms with E-state index in [0.717, 1.165) is 33.3 Å². The van der Waals surface area contributed by atoms with E-state index in [2.05, 4.69) is 15.0 Å². The molecule has 2 N–H and O–H groups in total. The standard InChI is InChI=1S/C18H14ClN3O2S/c19-12-5-6-15(20-8-12)25-17-16(21-9-22-17)11-3-1-10(2-4-11)13-7-14(13)18(23)24/h1-6,8-9,13-14H,7H2,(H,21,22)(H,23,24). The van der Waals surface area contributed by atoms with E-state index in [9.17, 15) is 4.79 Å². The first-order valence-corrected chi connectivity index (χ1v) is 8.97. The number of pyridine rings is 1. The summed E-state index contributed by atoms with van der Waals surface area (Å²) in [7, 11) is 0. The summed E-state index contributed by atoms with van der Waals surface area (Å²) < 4.78 is 0. The Bertz CT molecular complexity index is 909. The number of aliphatic carboxylic acids is 1. The number of benzene rings is 1. The van der Waals surface area contributed by atoms with Crippen LogP contribution in [0.25, 0.3) is 11.3 Å². The Morgan fingerprint density at radius 2 is 2.00 bits per heavy atom. The Hall–Kier alpha value is -2.31. The molecule has 2 heterocycles. The molecule has 1 aromatic carbocycles. The van der Waals surface area contributed by atoms with Crippen LogP contribution in [0, 0.1) is 5.92 Å². The van der Waals surface area contributed by atoms with Crippen molar-refractivity contribution < 1.29 is 9.90 Å². The molecule has 2 atom stereocenters. The molecule has 0 bridgehead atoms. The number of nitrogens with zero attached hydrogens (tertiary/aromatic N) is 2. The lowest BCUT2D eigenvalue weighted by Crippen LogP contribution is -1.98. The van der Waals surface area contributed by atoms with E-state index in [1.165, 1.54) is 11.8 Å². The lowest BCUT2D eigenvalue weighted by atomic mass is 10.1. The van der Waals surface area contributed by atoms with Crippen molar-refractivity contribution in [2.24, 2.45) is 5.92 Å². The molecule has 1 aliphatic carbocycles. The molecule has 0 aliphatic heterocycles. The van der Waals surface area contributed by atoms with Gasteiger partial charge in [0.05, 0.1) is 23.0 Å². The molecule has 0 radical (unpaired) electrons. The van der Waals surface area contributed by atoms with E-state index < -0.39 is 5.97 Å². The summed E-state index contributed by atoms with van der Waals surface area (Å²) in [6.45, 7) is 0. The summed E-state index contributed by atoms with van der Waals surface area (Å²) in [5.41, 5.74) is 2.99. The fourth-order valence-corrected chi connectivity index (χ4v) is 3.76. The molecule has 1 saturated carbocycles. The molecule has 3 aromatic rings. The maximum Gasteiger partial charge on any atom is 0.307 e. The summed E-state index contributed by atoms with van der Waals surface area (Å²) in [6, 6.07) is 11.6. The van der Waals surface area contributed by atoms with Gasteiger partial charge in [-0.1, -0.05) is 35.9 Å². The first-order chi connectivity index (χ1) is 12.1. The summed E-state index contributed by atoms with van der Waals surface area (Å²) in [4.78, 5) is 22.8. The molecule has 126 valence electrons. The van der Waals surface area contributed by atoms with Crippen LogP contribution in [0.15, 0.2) is 59.0 Å². The van der Waals surface area contributed by atoms with Crippen molar-refractivity contribution in [3.63, 3.8) is 0 Å². The van der Waals surface area contributed by atoms with Crippen LogP contribution in [-0.4, -0.2) is 26.0 Å². The molecule has 4 rings (SSSR count). The third-order valence-electron chi connectivity index (χ3n) is 4.24. The number of rotatable bonds is 5. The fourth-order valence-electron chi connectivity index (χ4n) is 2.82. The topological polar surface area (TPSA) is 78.9 Å². The predicted octanol–water partition coefficient (Wildman–Crippen LogP) is 4.46. The Morgan fingerprint density at radius 1 is 1.20 bits per heavy atom. The second kappa shape index (κ2) is 6.54. The lowest BCUT2D eigenvalue weighted by Gasteiger charge is -2.05. The van der Waals surface area contributed by atoms with Crippen molar-refractivity contribution in [3.05, 3.63) is 59.5 Å². The number of carbonyl (C=O) groups is 1. The normalized spacial score (nSPS) is 18.9. The van der Waals surface area contributed by atoms with Crippen LogP contribution in [-0.2, 0) is 4.79 Å². The first kappa shape index (κ1) is 16.2. The van der Waals surface area contributed by atoms with Gasteiger partial charge in [0, 0.05) is 11.8 Å². The van der Waals surface area contributed by atoms with Crippen LogP contribution in [0.5, 0.6) is 0 Å². The van der Waals surface area contributed by atoms with Crippen molar-refractivity contribution in [1.82, 2.24) is 15.0 Å². The van der Waals surface area contributed by atoms with Gasteiger partial charge < -0.3 is 10.1 Å². The number of carboxylic acid groups (broad SMARTS) is 1. The number of hydrogen-bond acceptors (Lipinski definition) is 4. The van der Waals surface area contributed by atoms with Gasteiger partial charge in [0.15, 0.2) is 0 Å². The van der Waals surface area contributed by atoms with Crippen LogP contribution in [0.4, 0.5) is 0 Å². The molecular formula is C18H14ClN3O2S. The minimum absolute atomic E-state index is 0.139. The van der Waals surface area contributed by atoms with Crippen LogP contribution < -0.4 is 0 Å². The van der Waals surface area contributed by atoms with E-state index in [4.69, 9.17) is 16.7 Å². The SMILES string of the molecule is O=C(O)C1CC1c1ccc(-c2[nH]cnc2Sc2ccc(Cl)cn2)cc1. The molecular weight excluding hydrogens is 358 g/mol. The number of nitrogens with one attached hydrogen (secondary N) is 1. The minimum atomic E-state index is -0.711. The molecule has 0 saturated heterocycles. The zero-order valence-electron chi connectivity index (χ0n) is 13.0. The second-order valence-electron chi connectivity index (χ2n) is 5.91. The number of imidazole rings is 1. The maximum absolute atomic E-state index is 11.0. The number of aromatic nitrogens is 3. The summed E-state index contributed by atoms with van der Waals surface area (Å²) in [6.07, 6.45) is 3.99. The van der Waals surface area contributed by atoms with Crippen molar-refractivity contribution in [2.45, 2.75) is 22.4 Å². The van der Waals surface area contributed by atoms with Crippen LogP contribution in [0.2, 0.25) is 5.02 Å². The van der Waals surface area contributed by atoms with Crippen LogP contribution >= 0.6 is 23.4 Å². The Balaban J connectivity index is 1.54. The van der Waals surface area contributed by atoms with E-state index >= 15 is 0 Å². The number of aromatic amines is 1. The minimum Gasteiger partial charge on any atom is -0.481 e. The molecule has 1 aliphatic rings. The van der Waals surface area contributed by atoms with E-state index in [1.807, 2.05) is 30.3 Å². The quantitative estimate of drug-likeness (QED) is 0.692. The highest BCUT2D eigenvalue weighted by Gasteiger charge is 2.44. The fraction of sp³-hybridized carbons (Fsp3) is 0.167. The summed E-state index contributed by atoms with van der Waals surface area (Å²) in [5.74, 6) is -0.808. The van der Waals surface area contributed by atoms with Crippen molar-refractivity contribution >= 4 is 29.3 Å². The van der Waals surface area contributed by atoms with Gasteiger partial charge in [-0.2, -0.15) is 0 Å². The molecule has 2 unspecified atom stereocenters. The first-order valence-electron chi connectivity index (χ1n) is 7.78.